The van der Waals surface area contributed by atoms with Crippen molar-refractivity contribution in [1.29, 1.82) is 0 Å². The molecule has 0 radical (unpaired) electrons. The monoisotopic (exact) mass is 259 g/mol. The molecule has 0 aliphatic carbocycles. The van der Waals surface area contributed by atoms with Crippen LogP contribution in [0, 0.1) is 0 Å². The van der Waals surface area contributed by atoms with Gasteiger partial charge in [0.15, 0.2) is 5.78 Å². The highest BCUT2D eigenvalue weighted by molar-refractivity contribution is 6.06. The van der Waals surface area contributed by atoms with Gasteiger partial charge in [0.2, 0.25) is 0 Å². The number of carbonyl (C=O) groups excluding carboxylic acids is 1. The standard InChI is InChI=1S/C16H21NO2/c1-2-13-6-7-15(18)14(12-13)16(19)8-11-17-9-4-3-5-10-17/h6-8,11-12,18H,2-5,9-10H2,1H3/b11-8+. The molecule has 1 saturated heterocycles. The second kappa shape index (κ2) is 6.41. The topological polar surface area (TPSA) is 40.5 Å². The van der Waals surface area contributed by atoms with Gasteiger partial charge in [-0.1, -0.05) is 13.0 Å². The molecule has 0 atom stereocenters. The van der Waals surface area contributed by atoms with Gasteiger partial charge in [-0.3, -0.25) is 4.79 Å². The zero-order chi connectivity index (χ0) is 13.7. The summed E-state index contributed by atoms with van der Waals surface area (Å²) in [5.74, 6) is -0.0659. The van der Waals surface area contributed by atoms with Crippen LogP contribution in [0.3, 0.4) is 0 Å². The number of phenols is 1. The summed E-state index contributed by atoms with van der Waals surface area (Å²) in [5, 5.41) is 9.77. The molecule has 19 heavy (non-hydrogen) atoms. The number of hydrogen-bond donors (Lipinski definition) is 1. The van der Waals surface area contributed by atoms with Crippen LogP contribution < -0.4 is 0 Å². The van der Waals surface area contributed by atoms with Crippen LogP contribution in [0.1, 0.15) is 42.1 Å². The van der Waals surface area contributed by atoms with E-state index in [-0.39, 0.29) is 11.5 Å². The van der Waals surface area contributed by atoms with E-state index in [4.69, 9.17) is 0 Å². The van der Waals surface area contributed by atoms with Crippen LogP contribution in [-0.4, -0.2) is 28.9 Å². The summed E-state index contributed by atoms with van der Waals surface area (Å²) < 4.78 is 0. The predicted molar refractivity (Wildman–Crippen MR) is 76.4 cm³/mol. The van der Waals surface area contributed by atoms with E-state index in [0.717, 1.165) is 25.1 Å². The van der Waals surface area contributed by atoms with Crippen molar-refractivity contribution in [3.63, 3.8) is 0 Å². The largest absolute Gasteiger partial charge is 0.507 e. The Balaban J connectivity index is 2.08. The third-order valence-corrected chi connectivity index (χ3v) is 3.56. The third-order valence-electron chi connectivity index (χ3n) is 3.56. The fourth-order valence-electron chi connectivity index (χ4n) is 2.33. The molecular formula is C16H21NO2. The molecule has 3 heteroatoms. The number of hydrogen-bond acceptors (Lipinski definition) is 3. The average molecular weight is 259 g/mol. The Morgan fingerprint density at radius 2 is 2.05 bits per heavy atom. The van der Waals surface area contributed by atoms with Crippen LogP contribution in [-0.2, 0) is 6.42 Å². The first-order chi connectivity index (χ1) is 9.20. The molecule has 0 spiro atoms. The second-order valence-electron chi connectivity index (χ2n) is 4.98. The van der Waals surface area contributed by atoms with Crippen molar-refractivity contribution >= 4 is 5.78 Å². The minimum absolute atomic E-state index is 0.0606. The Hall–Kier alpha value is -1.77. The van der Waals surface area contributed by atoms with Crippen LogP contribution in [0.4, 0.5) is 0 Å². The highest BCUT2D eigenvalue weighted by atomic mass is 16.3. The van der Waals surface area contributed by atoms with E-state index in [1.165, 1.54) is 19.3 Å². The van der Waals surface area contributed by atoms with Gasteiger partial charge in [-0.25, -0.2) is 0 Å². The maximum atomic E-state index is 12.1. The number of aryl methyl sites for hydroxylation is 1. The molecule has 1 aliphatic heterocycles. The summed E-state index contributed by atoms with van der Waals surface area (Å²) in [4.78, 5) is 14.3. The Morgan fingerprint density at radius 3 is 2.74 bits per heavy atom. The highest BCUT2D eigenvalue weighted by Crippen LogP contribution is 2.20. The van der Waals surface area contributed by atoms with Crippen molar-refractivity contribution < 1.29 is 9.90 Å². The van der Waals surface area contributed by atoms with Gasteiger partial charge in [0.25, 0.3) is 0 Å². The molecule has 3 nitrogen and oxygen atoms in total. The molecule has 0 unspecified atom stereocenters. The summed E-state index contributed by atoms with van der Waals surface area (Å²) >= 11 is 0. The fraction of sp³-hybridized carbons (Fsp3) is 0.438. The summed E-state index contributed by atoms with van der Waals surface area (Å²) in [6.07, 6.45) is 7.94. The van der Waals surface area contributed by atoms with E-state index in [0.29, 0.717) is 5.56 Å². The number of benzene rings is 1. The van der Waals surface area contributed by atoms with E-state index in [1.807, 2.05) is 19.2 Å². The van der Waals surface area contributed by atoms with Gasteiger partial charge in [0.05, 0.1) is 5.56 Å². The molecule has 0 saturated carbocycles. The van der Waals surface area contributed by atoms with Crippen molar-refractivity contribution in [1.82, 2.24) is 4.90 Å². The number of phenolic OH excluding ortho intramolecular Hbond substituents is 1. The minimum Gasteiger partial charge on any atom is -0.507 e. The maximum Gasteiger partial charge on any atom is 0.191 e. The highest BCUT2D eigenvalue weighted by Gasteiger charge is 2.10. The third kappa shape index (κ3) is 3.60. The van der Waals surface area contributed by atoms with Gasteiger partial charge >= 0.3 is 0 Å². The number of piperidine rings is 1. The van der Waals surface area contributed by atoms with Crippen LogP contribution >= 0.6 is 0 Å². The SMILES string of the molecule is CCc1ccc(O)c(C(=O)/C=C/N2CCCCC2)c1. The molecule has 102 valence electrons. The predicted octanol–water partition coefficient (Wildman–Crippen LogP) is 3.14. The molecule has 1 aromatic carbocycles. The number of allylic oxidation sites excluding steroid dienone is 1. The normalized spacial score (nSPS) is 15.9. The molecule has 0 bridgehead atoms. The van der Waals surface area contributed by atoms with Gasteiger partial charge in [-0.15, -0.1) is 0 Å². The van der Waals surface area contributed by atoms with Gasteiger partial charge < -0.3 is 10.0 Å². The summed E-state index contributed by atoms with van der Waals surface area (Å²) in [6.45, 7) is 4.07. The van der Waals surface area contributed by atoms with Crippen molar-refractivity contribution in [2.45, 2.75) is 32.6 Å². The van der Waals surface area contributed by atoms with E-state index < -0.39 is 0 Å². The molecule has 0 aromatic heterocycles. The lowest BCUT2D eigenvalue weighted by Crippen LogP contribution is -2.24. The Bertz CT molecular complexity index is 474. The molecule has 1 fully saturated rings. The fourth-order valence-corrected chi connectivity index (χ4v) is 2.33. The lowest BCUT2D eigenvalue weighted by atomic mass is 10.0. The number of nitrogens with zero attached hydrogens (tertiary/aromatic N) is 1. The first kappa shape index (κ1) is 13.7. The van der Waals surface area contributed by atoms with Crippen LogP contribution in [0.25, 0.3) is 0 Å². The van der Waals surface area contributed by atoms with E-state index in [1.54, 1.807) is 18.2 Å². The smallest absolute Gasteiger partial charge is 0.191 e. The summed E-state index contributed by atoms with van der Waals surface area (Å²) in [6, 6.07) is 5.22. The van der Waals surface area contributed by atoms with E-state index >= 15 is 0 Å². The van der Waals surface area contributed by atoms with Crippen molar-refractivity contribution in [2.75, 3.05) is 13.1 Å². The van der Waals surface area contributed by atoms with Crippen molar-refractivity contribution in [2.24, 2.45) is 0 Å². The van der Waals surface area contributed by atoms with Gasteiger partial charge in [-0.05, 0) is 43.4 Å². The van der Waals surface area contributed by atoms with Crippen LogP contribution in [0.2, 0.25) is 0 Å². The van der Waals surface area contributed by atoms with Crippen molar-refractivity contribution in [3.05, 3.63) is 41.6 Å². The average Bonchev–Trinajstić information content (AvgIpc) is 2.46. The Labute approximate surface area is 114 Å². The second-order valence-corrected chi connectivity index (χ2v) is 4.98. The molecule has 1 aromatic rings. The lowest BCUT2D eigenvalue weighted by Gasteiger charge is -2.24. The Kier molecular flexibility index (Phi) is 4.61. The number of likely N-dealkylation sites (tertiary alicyclic amines) is 1. The minimum atomic E-state index is -0.127. The quantitative estimate of drug-likeness (QED) is 0.667. The number of ketones is 1. The maximum absolute atomic E-state index is 12.1. The van der Waals surface area contributed by atoms with E-state index in [9.17, 15) is 9.90 Å². The van der Waals surface area contributed by atoms with Gasteiger partial charge in [-0.2, -0.15) is 0 Å². The summed E-state index contributed by atoms with van der Waals surface area (Å²) in [7, 11) is 0. The van der Waals surface area contributed by atoms with Crippen molar-refractivity contribution in [3.8, 4) is 5.75 Å². The summed E-state index contributed by atoms with van der Waals surface area (Å²) in [5.41, 5.74) is 1.46. The number of aromatic hydroxyl groups is 1. The number of rotatable bonds is 4. The zero-order valence-corrected chi connectivity index (χ0v) is 11.4. The lowest BCUT2D eigenvalue weighted by molar-refractivity contribution is 0.104. The zero-order valence-electron chi connectivity index (χ0n) is 11.4. The first-order valence-corrected chi connectivity index (χ1v) is 6.99. The molecule has 1 heterocycles. The molecular weight excluding hydrogens is 238 g/mol. The molecule has 2 rings (SSSR count). The number of carbonyl (C=O) groups is 1. The van der Waals surface area contributed by atoms with Crippen LogP contribution in [0.5, 0.6) is 5.75 Å². The van der Waals surface area contributed by atoms with Crippen LogP contribution in [0.15, 0.2) is 30.5 Å². The van der Waals surface area contributed by atoms with E-state index in [2.05, 4.69) is 4.90 Å². The molecule has 0 amide bonds. The van der Waals surface area contributed by atoms with Gasteiger partial charge in [0, 0.05) is 25.4 Å². The van der Waals surface area contributed by atoms with Gasteiger partial charge in [0.1, 0.15) is 5.75 Å². The Morgan fingerprint density at radius 1 is 1.32 bits per heavy atom. The molecule has 1 aliphatic rings. The first-order valence-electron chi connectivity index (χ1n) is 6.99. The molecule has 1 N–H and O–H groups in total.